The molecule has 1 aromatic rings. The van der Waals surface area contributed by atoms with Gasteiger partial charge in [0.2, 0.25) is 0 Å². The van der Waals surface area contributed by atoms with Gasteiger partial charge >= 0.3 is 0 Å². The standard InChI is InChI=1S/C16H26F2N2/c1-11(2)19-9-12-7-13(17)15(14(18)8-12)20(6)10-16(3,4)5/h7-8,11,19H,9-10H2,1-6H3. The zero-order valence-corrected chi connectivity index (χ0v) is 13.3. The van der Waals surface area contributed by atoms with E-state index in [-0.39, 0.29) is 17.1 Å². The minimum atomic E-state index is -0.502. The van der Waals surface area contributed by atoms with E-state index in [2.05, 4.69) is 5.32 Å². The molecule has 0 aliphatic carbocycles. The molecular formula is C16H26F2N2. The molecule has 114 valence electrons. The van der Waals surface area contributed by atoms with Gasteiger partial charge in [0.1, 0.15) is 17.3 Å². The van der Waals surface area contributed by atoms with Crippen molar-refractivity contribution in [3.05, 3.63) is 29.3 Å². The van der Waals surface area contributed by atoms with E-state index in [1.54, 1.807) is 11.9 Å². The van der Waals surface area contributed by atoms with Crippen molar-refractivity contribution in [3.8, 4) is 0 Å². The predicted molar refractivity (Wildman–Crippen MR) is 81.1 cm³/mol. The van der Waals surface area contributed by atoms with E-state index in [0.29, 0.717) is 18.7 Å². The van der Waals surface area contributed by atoms with Crippen LogP contribution < -0.4 is 10.2 Å². The van der Waals surface area contributed by atoms with Crippen LogP contribution in [0.4, 0.5) is 14.5 Å². The van der Waals surface area contributed by atoms with Crippen LogP contribution in [0, 0.1) is 17.0 Å². The van der Waals surface area contributed by atoms with Gasteiger partial charge < -0.3 is 10.2 Å². The van der Waals surface area contributed by atoms with Crippen LogP contribution in [0.25, 0.3) is 0 Å². The molecule has 0 aliphatic rings. The van der Waals surface area contributed by atoms with Gasteiger partial charge in [-0.15, -0.1) is 0 Å². The Hall–Kier alpha value is -1.16. The number of hydrogen-bond donors (Lipinski definition) is 1. The van der Waals surface area contributed by atoms with Crippen molar-refractivity contribution in [1.29, 1.82) is 0 Å². The van der Waals surface area contributed by atoms with Crippen molar-refractivity contribution in [2.24, 2.45) is 5.41 Å². The second-order valence-corrected chi connectivity index (χ2v) is 6.86. The molecule has 0 radical (unpaired) electrons. The Kier molecular flexibility index (Phi) is 5.51. The third-order valence-corrected chi connectivity index (χ3v) is 2.88. The lowest BCUT2D eigenvalue weighted by Gasteiger charge is -2.29. The summed E-state index contributed by atoms with van der Waals surface area (Å²) in [7, 11) is 1.72. The summed E-state index contributed by atoms with van der Waals surface area (Å²) in [4.78, 5) is 1.64. The molecule has 0 spiro atoms. The molecule has 1 aromatic carbocycles. The molecule has 0 fully saturated rings. The van der Waals surface area contributed by atoms with Gasteiger partial charge in [-0.25, -0.2) is 8.78 Å². The Morgan fingerprint density at radius 1 is 1.15 bits per heavy atom. The highest BCUT2D eigenvalue weighted by molar-refractivity contribution is 5.50. The molecule has 4 heteroatoms. The van der Waals surface area contributed by atoms with E-state index in [1.165, 1.54) is 12.1 Å². The Morgan fingerprint density at radius 2 is 1.65 bits per heavy atom. The normalized spacial score (nSPS) is 12.1. The van der Waals surface area contributed by atoms with Crippen LogP contribution >= 0.6 is 0 Å². The number of benzene rings is 1. The third kappa shape index (κ3) is 5.08. The molecule has 20 heavy (non-hydrogen) atoms. The van der Waals surface area contributed by atoms with Crippen molar-refractivity contribution in [2.75, 3.05) is 18.5 Å². The van der Waals surface area contributed by atoms with Crippen molar-refractivity contribution in [1.82, 2.24) is 5.32 Å². The molecule has 0 aliphatic heterocycles. The van der Waals surface area contributed by atoms with E-state index in [0.717, 1.165) is 0 Å². The lowest BCUT2D eigenvalue weighted by Crippen LogP contribution is -2.30. The summed E-state index contributed by atoms with van der Waals surface area (Å²) in [6.07, 6.45) is 0. The van der Waals surface area contributed by atoms with Gasteiger partial charge in [-0.2, -0.15) is 0 Å². The summed E-state index contributed by atoms with van der Waals surface area (Å²) in [6.45, 7) is 11.2. The lowest BCUT2D eigenvalue weighted by atomic mass is 9.96. The molecule has 2 nitrogen and oxygen atoms in total. The van der Waals surface area contributed by atoms with E-state index in [4.69, 9.17) is 0 Å². The van der Waals surface area contributed by atoms with Gasteiger partial charge in [0, 0.05) is 26.2 Å². The maximum absolute atomic E-state index is 14.2. The lowest BCUT2D eigenvalue weighted by molar-refractivity contribution is 0.414. The largest absolute Gasteiger partial charge is 0.369 e. The quantitative estimate of drug-likeness (QED) is 0.881. The first-order valence-electron chi connectivity index (χ1n) is 7.02. The molecular weight excluding hydrogens is 258 g/mol. The van der Waals surface area contributed by atoms with Gasteiger partial charge in [-0.3, -0.25) is 0 Å². The smallest absolute Gasteiger partial charge is 0.149 e. The second kappa shape index (κ2) is 6.53. The van der Waals surface area contributed by atoms with Crippen LogP contribution in [-0.4, -0.2) is 19.6 Å². The third-order valence-electron chi connectivity index (χ3n) is 2.88. The Balaban J connectivity index is 2.94. The fraction of sp³-hybridized carbons (Fsp3) is 0.625. The van der Waals surface area contributed by atoms with Crippen molar-refractivity contribution in [2.45, 2.75) is 47.2 Å². The second-order valence-electron chi connectivity index (χ2n) is 6.86. The topological polar surface area (TPSA) is 15.3 Å². The number of rotatable bonds is 5. The maximum Gasteiger partial charge on any atom is 0.149 e. The van der Waals surface area contributed by atoms with E-state index in [9.17, 15) is 8.78 Å². The van der Waals surface area contributed by atoms with Crippen molar-refractivity contribution < 1.29 is 8.78 Å². The fourth-order valence-electron chi connectivity index (χ4n) is 2.20. The molecule has 0 saturated heterocycles. The van der Waals surface area contributed by atoms with Crippen LogP contribution in [-0.2, 0) is 6.54 Å². The molecule has 0 saturated carbocycles. The number of halogens is 2. The highest BCUT2D eigenvalue weighted by atomic mass is 19.1. The fourth-order valence-corrected chi connectivity index (χ4v) is 2.20. The molecule has 1 N–H and O–H groups in total. The monoisotopic (exact) mass is 284 g/mol. The maximum atomic E-state index is 14.2. The SMILES string of the molecule is CC(C)NCc1cc(F)c(N(C)CC(C)(C)C)c(F)c1. The minimum Gasteiger partial charge on any atom is -0.369 e. The summed E-state index contributed by atoms with van der Waals surface area (Å²) in [5, 5.41) is 3.16. The summed E-state index contributed by atoms with van der Waals surface area (Å²) in [5.41, 5.74) is 0.653. The van der Waals surface area contributed by atoms with Crippen molar-refractivity contribution >= 4 is 5.69 Å². The predicted octanol–water partition coefficient (Wildman–Crippen LogP) is 3.95. The number of nitrogens with one attached hydrogen (secondary N) is 1. The van der Waals surface area contributed by atoms with Crippen LogP contribution in [0.3, 0.4) is 0 Å². The van der Waals surface area contributed by atoms with E-state index in [1.807, 2.05) is 34.6 Å². The zero-order chi connectivity index (χ0) is 15.5. The first-order chi connectivity index (χ1) is 9.10. The van der Waals surface area contributed by atoms with Gasteiger partial charge in [-0.05, 0) is 23.1 Å². The number of anilines is 1. The Morgan fingerprint density at radius 3 is 2.05 bits per heavy atom. The average Bonchev–Trinajstić information content (AvgIpc) is 2.22. The molecule has 0 heterocycles. The molecule has 0 unspecified atom stereocenters. The molecule has 0 amide bonds. The first-order valence-corrected chi connectivity index (χ1v) is 7.02. The summed E-state index contributed by atoms with van der Waals surface area (Å²) < 4.78 is 28.3. The van der Waals surface area contributed by atoms with Gasteiger partial charge in [0.15, 0.2) is 0 Å². The van der Waals surface area contributed by atoms with E-state index >= 15 is 0 Å². The first kappa shape index (κ1) is 16.9. The number of hydrogen-bond acceptors (Lipinski definition) is 2. The summed E-state index contributed by atoms with van der Waals surface area (Å²) in [6, 6.07) is 3.10. The Labute approximate surface area is 121 Å². The average molecular weight is 284 g/mol. The molecule has 1 rings (SSSR count). The molecule has 0 aromatic heterocycles. The van der Waals surface area contributed by atoms with Gasteiger partial charge in [-0.1, -0.05) is 34.6 Å². The summed E-state index contributed by atoms with van der Waals surface area (Å²) in [5.74, 6) is -1.00. The van der Waals surface area contributed by atoms with Gasteiger partial charge in [0.25, 0.3) is 0 Å². The van der Waals surface area contributed by atoms with Crippen LogP contribution in [0.5, 0.6) is 0 Å². The van der Waals surface area contributed by atoms with Crippen LogP contribution in [0.2, 0.25) is 0 Å². The highest BCUT2D eigenvalue weighted by Gasteiger charge is 2.20. The molecule has 0 atom stereocenters. The van der Waals surface area contributed by atoms with Crippen LogP contribution in [0.1, 0.15) is 40.2 Å². The highest BCUT2D eigenvalue weighted by Crippen LogP contribution is 2.27. The Bertz CT molecular complexity index is 427. The van der Waals surface area contributed by atoms with Gasteiger partial charge in [0.05, 0.1) is 0 Å². The van der Waals surface area contributed by atoms with Crippen molar-refractivity contribution in [3.63, 3.8) is 0 Å². The number of nitrogens with zero attached hydrogens (tertiary/aromatic N) is 1. The van der Waals surface area contributed by atoms with E-state index < -0.39 is 11.6 Å². The molecule has 0 bridgehead atoms. The minimum absolute atomic E-state index is 0.0223. The zero-order valence-electron chi connectivity index (χ0n) is 13.3. The van der Waals surface area contributed by atoms with Crippen LogP contribution in [0.15, 0.2) is 12.1 Å². The summed E-state index contributed by atoms with van der Waals surface area (Å²) >= 11 is 0.